The number of anilines is 3. The Balaban J connectivity index is 2.26. The molecule has 2 heterocycles. The number of nitrogen functional groups attached to an aromatic ring is 1. The Morgan fingerprint density at radius 2 is 2.31 bits per heavy atom. The van der Waals surface area contributed by atoms with Crippen LogP contribution in [0.1, 0.15) is 12.6 Å². The minimum atomic E-state index is 0.694. The Kier molecular flexibility index (Phi) is 2.76. The molecule has 16 heavy (non-hydrogen) atoms. The highest BCUT2D eigenvalue weighted by atomic mass is 15.3. The molecule has 0 aliphatic rings. The van der Waals surface area contributed by atoms with Gasteiger partial charge in [-0.15, -0.1) is 0 Å². The van der Waals surface area contributed by atoms with Crippen molar-refractivity contribution in [1.82, 2.24) is 14.8 Å². The van der Waals surface area contributed by atoms with Crippen LogP contribution in [-0.2, 0) is 13.5 Å². The van der Waals surface area contributed by atoms with E-state index in [9.17, 15) is 0 Å². The van der Waals surface area contributed by atoms with E-state index in [4.69, 9.17) is 5.73 Å². The van der Waals surface area contributed by atoms with E-state index < -0.39 is 0 Å². The van der Waals surface area contributed by atoms with Gasteiger partial charge in [-0.1, -0.05) is 6.92 Å². The molecule has 5 heteroatoms. The van der Waals surface area contributed by atoms with Crippen LogP contribution in [0.5, 0.6) is 0 Å². The Hall–Kier alpha value is -2.04. The van der Waals surface area contributed by atoms with Crippen molar-refractivity contribution in [3.8, 4) is 0 Å². The average molecular weight is 217 g/mol. The number of nitrogens with one attached hydrogen (secondary N) is 1. The van der Waals surface area contributed by atoms with Crippen LogP contribution in [0.25, 0.3) is 0 Å². The Morgan fingerprint density at radius 3 is 3.00 bits per heavy atom. The molecule has 84 valence electrons. The highest BCUT2D eigenvalue weighted by Gasteiger charge is 2.06. The molecule has 0 aliphatic heterocycles. The fourth-order valence-electron chi connectivity index (χ4n) is 1.55. The molecule has 0 unspecified atom stereocenters. The van der Waals surface area contributed by atoms with Crippen LogP contribution in [0, 0.1) is 0 Å². The molecule has 0 spiro atoms. The zero-order valence-electron chi connectivity index (χ0n) is 9.44. The van der Waals surface area contributed by atoms with Gasteiger partial charge >= 0.3 is 0 Å². The smallest absolute Gasteiger partial charge is 0.132 e. The van der Waals surface area contributed by atoms with E-state index in [1.807, 2.05) is 13.2 Å². The van der Waals surface area contributed by atoms with Gasteiger partial charge in [-0.2, -0.15) is 5.10 Å². The molecule has 0 saturated carbocycles. The number of rotatable bonds is 3. The van der Waals surface area contributed by atoms with Crippen LogP contribution in [0.3, 0.4) is 0 Å². The highest BCUT2D eigenvalue weighted by Crippen LogP contribution is 2.19. The first-order chi connectivity index (χ1) is 7.69. The summed E-state index contributed by atoms with van der Waals surface area (Å²) < 4.78 is 1.79. The van der Waals surface area contributed by atoms with Gasteiger partial charge in [0.1, 0.15) is 5.82 Å². The normalized spacial score (nSPS) is 10.4. The third-order valence-corrected chi connectivity index (χ3v) is 2.29. The van der Waals surface area contributed by atoms with Crippen molar-refractivity contribution < 1.29 is 0 Å². The Labute approximate surface area is 94.3 Å². The molecule has 3 N–H and O–H groups in total. The molecule has 0 aromatic carbocycles. The first-order valence-corrected chi connectivity index (χ1v) is 5.20. The second-order valence-corrected chi connectivity index (χ2v) is 3.62. The van der Waals surface area contributed by atoms with Gasteiger partial charge in [0.15, 0.2) is 0 Å². The standard InChI is InChI=1S/C11H15N5/c1-3-9-10(7-16(2)15-9)14-11-6-8(12)4-5-13-11/h4-7H,3H2,1-2H3,(H3,12,13,14). The lowest BCUT2D eigenvalue weighted by atomic mass is 10.3. The van der Waals surface area contributed by atoms with Gasteiger partial charge in [-0.25, -0.2) is 4.98 Å². The zero-order chi connectivity index (χ0) is 11.5. The van der Waals surface area contributed by atoms with Gasteiger partial charge in [0, 0.05) is 31.2 Å². The first kappa shape index (κ1) is 10.5. The van der Waals surface area contributed by atoms with Crippen molar-refractivity contribution in [2.45, 2.75) is 13.3 Å². The van der Waals surface area contributed by atoms with Gasteiger partial charge in [0.2, 0.25) is 0 Å². The summed E-state index contributed by atoms with van der Waals surface area (Å²) in [5.74, 6) is 0.739. The minimum Gasteiger partial charge on any atom is -0.399 e. The van der Waals surface area contributed by atoms with E-state index >= 15 is 0 Å². The third-order valence-electron chi connectivity index (χ3n) is 2.29. The molecule has 0 aliphatic carbocycles. The molecule has 2 aromatic heterocycles. The topological polar surface area (TPSA) is 68.8 Å². The predicted octanol–water partition coefficient (Wildman–Crippen LogP) is 1.70. The van der Waals surface area contributed by atoms with E-state index in [2.05, 4.69) is 22.3 Å². The summed E-state index contributed by atoms with van der Waals surface area (Å²) in [4.78, 5) is 4.19. The lowest BCUT2D eigenvalue weighted by Crippen LogP contribution is -1.96. The van der Waals surface area contributed by atoms with E-state index in [-0.39, 0.29) is 0 Å². The largest absolute Gasteiger partial charge is 0.399 e. The van der Waals surface area contributed by atoms with Gasteiger partial charge in [0.05, 0.1) is 11.4 Å². The van der Waals surface area contributed by atoms with Crippen molar-refractivity contribution >= 4 is 17.2 Å². The summed E-state index contributed by atoms with van der Waals surface area (Å²) >= 11 is 0. The highest BCUT2D eigenvalue weighted by molar-refractivity contribution is 5.60. The first-order valence-electron chi connectivity index (χ1n) is 5.20. The quantitative estimate of drug-likeness (QED) is 0.821. The number of hydrogen-bond acceptors (Lipinski definition) is 4. The molecular weight excluding hydrogens is 202 g/mol. The van der Waals surface area contributed by atoms with Crippen molar-refractivity contribution in [3.63, 3.8) is 0 Å². The predicted molar refractivity (Wildman–Crippen MR) is 64.5 cm³/mol. The van der Waals surface area contributed by atoms with Crippen LogP contribution < -0.4 is 11.1 Å². The van der Waals surface area contributed by atoms with Gasteiger partial charge in [0.25, 0.3) is 0 Å². The SMILES string of the molecule is CCc1nn(C)cc1Nc1cc(N)ccn1. The summed E-state index contributed by atoms with van der Waals surface area (Å²) in [7, 11) is 1.90. The maximum Gasteiger partial charge on any atom is 0.132 e. The lowest BCUT2D eigenvalue weighted by molar-refractivity contribution is 0.746. The van der Waals surface area contributed by atoms with Crippen LogP contribution in [0.2, 0.25) is 0 Å². The molecule has 0 saturated heterocycles. The Morgan fingerprint density at radius 1 is 1.50 bits per heavy atom. The summed E-state index contributed by atoms with van der Waals surface area (Å²) in [5, 5.41) is 7.55. The molecule has 0 bridgehead atoms. The maximum absolute atomic E-state index is 5.69. The van der Waals surface area contributed by atoms with Crippen LogP contribution >= 0.6 is 0 Å². The van der Waals surface area contributed by atoms with E-state index in [1.165, 1.54) is 0 Å². The van der Waals surface area contributed by atoms with E-state index in [1.54, 1.807) is 23.0 Å². The Bertz CT molecular complexity index is 489. The molecule has 5 nitrogen and oxygen atoms in total. The van der Waals surface area contributed by atoms with Crippen LogP contribution in [-0.4, -0.2) is 14.8 Å². The second kappa shape index (κ2) is 4.22. The summed E-state index contributed by atoms with van der Waals surface area (Å²) in [6, 6.07) is 3.56. The maximum atomic E-state index is 5.69. The molecular formula is C11H15N5. The molecule has 0 atom stereocenters. The molecule has 0 amide bonds. The summed E-state index contributed by atoms with van der Waals surface area (Å²) in [5.41, 5.74) is 8.38. The van der Waals surface area contributed by atoms with Gasteiger partial charge < -0.3 is 11.1 Å². The molecule has 2 aromatic rings. The van der Waals surface area contributed by atoms with E-state index in [0.29, 0.717) is 5.69 Å². The number of pyridine rings is 1. The second-order valence-electron chi connectivity index (χ2n) is 3.62. The number of aryl methyl sites for hydroxylation is 2. The van der Waals surface area contributed by atoms with Gasteiger partial charge in [-0.05, 0) is 12.5 Å². The number of nitrogens with two attached hydrogens (primary N) is 1. The summed E-state index contributed by atoms with van der Waals surface area (Å²) in [6.45, 7) is 2.07. The number of hydrogen-bond donors (Lipinski definition) is 2. The van der Waals surface area contributed by atoms with Crippen molar-refractivity contribution in [3.05, 3.63) is 30.2 Å². The molecule has 0 radical (unpaired) electrons. The van der Waals surface area contributed by atoms with Gasteiger partial charge in [-0.3, -0.25) is 4.68 Å². The fourth-order valence-corrected chi connectivity index (χ4v) is 1.55. The monoisotopic (exact) mass is 217 g/mol. The van der Waals surface area contributed by atoms with Crippen molar-refractivity contribution in [1.29, 1.82) is 0 Å². The number of aromatic nitrogens is 3. The van der Waals surface area contributed by atoms with Crippen molar-refractivity contribution in [2.75, 3.05) is 11.1 Å². The number of nitrogens with zero attached hydrogens (tertiary/aromatic N) is 3. The fraction of sp³-hybridized carbons (Fsp3) is 0.273. The average Bonchev–Trinajstić information content (AvgIpc) is 2.59. The van der Waals surface area contributed by atoms with Crippen LogP contribution in [0.15, 0.2) is 24.5 Å². The molecule has 2 rings (SSSR count). The van der Waals surface area contributed by atoms with Crippen molar-refractivity contribution in [2.24, 2.45) is 7.05 Å². The summed E-state index contributed by atoms with van der Waals surface area (Å²) in [6.07, 6.45) is 4.49. The molecule has 0 fully saturated rings. The minimum absolute atomic E-state index is 0.694. The zero-order valence-corrected chi connectivity index (χ0v) is 9.44. The lowest BCUT2D eigenvalue weighted by Gasteiger charge is -2.04. The van der Waals surface area contributed by atoms with Crippen LogP contribution in [0.4, 0.5) is 17.2 Å². The third kappa shape index (κ3) is 2.13. The van der Waals surface area contributed by atoms with E-state index in [0.717, 1.165) is 23.6 Å².